The molecule has 0 spiro atoms. The fraction of sp³-hybridized carbons (Fsp3) is 0.556. The van der Waals surface area contributed by atoms with Gasteiger partial charge in [0.25, 0.3) is 5.91 Å². The Kier molecular flexibility index (Phi) is 3.54. The summed E-state index contributed by atoms with van der Waals surface area (Å²) in [5, 5.41) is 0. The minimum atomic E-state index is -0.422. The zero-order chi connectivity index (χ0) is 11.4. The molecule has 1 rings (SSSR count). The summed E-state index contributed by atoms with van der Waals surface area (Å²) >= 11 is 0. The predicted molar refractivity (Wildman–Crippen MR) is 53.2 cm³/mol. The van der Waals surface area contributed by atoms with Crippen molar-refractivity contribution < 1.29 is 14.3 Å². The number of hydrogen-bond donors (Lipinski definition) is 1. The molecular weight excluding hydrogens is 198 g/mol. The van der Waals surface area contributed by atoms with Crippen molar-refractivity contribution in [3.8, 4) is 0 Å². The summed E-state index contributed by atoms with van der Waals surface area (Å²) in [4.78, 5) is 25.8. The number of hydrogen-bond acceptors (Lipinski definition) is 5. The molecule has 0 fully saturated rings. The number of amides is 1. The van der Waals surface area contributed by atoms with E-state index in [1.807, 2.05) is 0 Å². The third-order valence-electron chi connectivity index (χ3n) is 1.91. The van der Waals surface area contributed by atoms with E-state index in [0.29, 0.717) is 13.3 Å². The number of esters is 1. The van der Waals surface area contributed by atoms with Crippen molar-refractivity contribution in [2.24, 2.45) is 5.73 Å². The number of ether oxygens (including phenoxy) is 1. The van der Waals surface area contributed by atoms with Crippen LogP contribution in [0.4, 0.5) is 0 Å². The number of rotatable bonds is 3. The van der Waals surface area contributed by atoms with Gasteiger partial charge in [-0.15, -0.1) is 0 Å². The van der Waals surface area contributed by atoms with Gasteiger partial charge < -0.3 is 20.3 Å². The van der Waals surface area contributed by atoms with Crippen LogP contribution in [0.3, 0.4) is 0 Å². The monoisotopic (exact) mass is 213 g/mol. The lowest BCUT2D eigenvalue weighted by atomic mass is 10.3. The van der Waals surface area contributed by atoms with Crippen molar-refractivity contribution >= 4 is 11.9 Å². The highest BCUT2D eigenvalue weighted by Crippen LogP contribution is 2.06. The first-order valence-electron chi connectivity index (χ1n) is 4.67. The second-order valence-corrected chi connectivity index (χ2v) is 3.29. The normalized spacial score (nSPS) is 16.4. The Hall–Kier alpha value is -1.72. The number of nitrogens with zero attached hydrogens (tertiary/aromatic N) is 2. The number of carbonyl (C=O) groups is 2. The Balaban J connectivity index is 2.60. The highest BCUT2D eigenvalue weighted by Gasteiger charge is 2.24. The second-order valence-electron chi connectivity index (χ2n) is 3.29. The lowest BCUT2D eigenvalue weighted by Crippen LogP contribution is -2.47. The molecule has 0 radical (unpaired) electrons. The van der Waals surface area contributed by atoms with Crippen molar-refractivity contribution in [2.75, 3.05) is 26.9 Å². The van der Waals surface area contributed by atoms with Crippen molar-refractivity contribution in [3.63, 3.8) is 0 Å². The van der Waals surface area contributed by atoms with E-state index in [1.165, 1.54) is 4.90 Å². The fourth-order valence-electron chi connectivity index (χ4n) is 1.33. The van der Waals surface area contributed by atoms with Crippen LogP contribution in [-0.4, -0.2) is 48.5 Å². The van der Waals surface area contributed by atoms with E-state index in [2.05, 4.69) is 0 Å². The topological polar surface area (TPSA) is 75.9 Å². The summed E-state index contributed by atoms with van der Waals surface area (Å²) in [6.45, 7) is 2.31. The molecule has 1 aliphatic heterocycles. The molecule has 6 nitrogen and oxygen atoms in total. The summed E-state index contributed by atoms with van der Waals surface area (Å²) in [7, 11) is 1.78. The van der Waals surface area contributed by atoms with Crippen molar-refractivity contribution in [2.45, 2.75) is 6.92 Å². The third-order valence-corrected chi connectivity index (χ3v) is 1.91. The lowest BCUT2D eigenvalue weighted by Gasteiger charge is -2.30. The van der Waals surface area contributed by atoms with Gasteiger partial charge in [-0.05, 0) is 6.92 Å². The Labute approximate surface area is 88.3 Å². The third kappa shape index (κ3) is 2.87. The Morgan fingerprint density at radius 1 is 1.67 bits per heavy atom. The molecule has 15 heavy (non-hydrogen) atoms. The van der Waals surface area contributed by atoms with E-state index in [4.69, 9.17) is 10.5 Å². The van der Waals surface area contributed by atoms with Crippen LogP contribution < -0.4 is 5.73 Å². The van der Waals surface area contributed by atoms with Crippen LogP contribution in [0.25, 0.3) is 0 Å². The summed E-state index contributed by atoms with van der Waals surface area (Å²) in [6, 6.07) is 0. The molecule has 0 saturated heterocycles. The average molecular weight is 213 g/mol. The van der Waals surface area contributed by atoms with E-state index >= 15 is 0 Å². The van der Waals surface area contributed by atoms with Gasteiger partial charge in [0, 0.05) is 13.2 Å². The average Bonchev–Trinajstić information content (AvgIpc) is 2.13. The molecule has 1 aliphatic rings. The summed E-state index contributed by atoms with van der Waals surface area (Å²) < 4.78 is 4.75. The molecule has 2 N–H and O–H groups in total. The first-order valence-corrected chi connectivity index (χ1v) is 4.67. The molecule has 0 aromatic heterocycles. The second kappa shape index (κ2) is 4.68. The maximum Gasteiger partial charge on any atom is 0.325 e. The number of carbonyl (C=O) groups excluding carboxylic acids is 2. The van der Waals surface area contributed by atoms with Crippen LogP contribution in [0.15, 0.2) is 11.9 Å². The van der Waals surface area contributed by atoms with Gasteiger partial charge in [0.05, 0.1) is 13.3 Å². The minimum Gasteiger partial charge on any atom is -0.465 e. The highest BCUT2D eigenvalue weighted by molar-refractivity contribution is 5.94. The molecule has 0 unspecified atom stereocenters. The number of nitrogens with two attached hydrogens (primary N) is 1. The highest BCUT2D eigenvalue weighted by atomic mass is 16.5. The Morgan fingerprint density at radius 2 is 2.33 bits per heavy atom. The molecule has 0 aromatic carbocycles. The molecule has 0 aromatic rings. The van der Waals surface area contributed by atoms with Crippen LogP contribution in [-0.2, 0) is 14.3 Å². The predicted octanol–water partition coefficient (Wildman–Crippen LogP) is -0.919. The molecule has 6 heteroatoms. The molecular formula is C9H15N3O3. The molecule has 0 atom stereocenters. The van der Waals surface area contributed by atoms with Gasteiger partial charge in [-0.3, -0.25) is 9.59 Å². The fourth-order valence-corrected chi connectivity index (χ4v) is 1.33. The van der Waals surface area contributed by atoms with E-state index < -0.39 is 5.97 Å². The van der Waals surface area contributed by atoms with Gasteiger partial charge >= 0.3 is 5.97 Å². The maximum absolute atomic E-state index is 11.5. The molecule has 0 saturated carbocycles. The summed E-state index contributed by atoms with van der Waals surface area (Å²) in [5.74, 6) is -0.755. The zero-order valence-electron chi connectivity index (χ0n) is 8.90. The van der Waals surface area contributed by atoms with Crippen molar-refractivity contribution in [1.82, 2.24) is 9.80 Å². The van der Waals surface area contributed by atoms with Gasteiger partial charge in [0.1, 0.15) is 12.2 Å². The Morgan fingerprint density at radius 3 is 2.93 bits per heavy atom. The summed E-state index contributed by atoms with van der Waals surface area (Å²) in [5.41, 5.74) is 5.62. The van der Waals surface area contributed by atoms with Crippen LogP contribution in [0.2, 0.25) is 0 Å². The van der Waals surface area contributed by atoms with Gasteiger partial charge in [0.2, 0.25) is 0 Å². The largest absolute Gasteiger partial charge is 0.465 e. The van der Waals surface area contributed by atoms with Gasteiger partial charge in [-0.1, -0.05) is 0 Å². The van der Waals surface area contributed by atoms with Gasteiger partial charge in [-0.2, -0.15) is 0 Å². The maximum atomic E-state index is 11.5. The van der Waals surface area contributed by atoms with Crippen LogP contribution >= 0.6 is 0 Å². The van der Waals surface area contributed by atoms with E-state index in [1.54, 1.807) is 25.1 Å². The Bertz CT molecular complexity index is 301. The van der Waals surface area contributed by atoms with Crippen molar-refractivity contribution in [3.05, 3.63) is 11.9 Å². The molecule has 1 amide bonds. The smallest absolute Gasteiger partial charge is 0.325 e. The van der Waals surface area contributed by atoms with Crippen LogP contribution in [0.5, 0.6) is 0 Å². The quantitative estimate of drug-likeness (QED) is 0.614. The molecule has 0 aliphatic carbocycles. The molecule has 0 bridgehead atoms. The zero-order valence-corrected chi connectivity index (χ0v) is 8.90. The minimum absolute atomic E-state index is 0.0639. The van der Waals surface area contributed by atoms with E-state index in [-0.39, 0.29) is 18.1 Å². The first kappa shape index (κ1) is 11.4. The first-order chi connectivity index (χ1) is 7.04. The molecule has 1 heterocycles. The summed E-state index contributed by atoms with van der Waals surface area (Å²) in [6.07, 6.45) is 1.55. The van der Waals surface area contributed by atoms with E-state index in [9.17, 15) is 9.59 Å². The van der Waals surface area contributed by atoms with Gasteiger partial charge in [-0.25, -0.2) is 0 Å². The molecule has 84 valence electrons. The SMILES string of the molecule is CCOC(=O)CN1CN(C)C=C(N)C1=O. The van der Waals surface area contributed by atoms with Crippen LogP contribution in [0.1, 0.15) is 6.92 Å². The van der Waals surface area contributed by atoms with Gasteiger partial charge in [0.15, 0.2) is 0 Å². The standard InChI is InChI=1S/C9H15N3O3/c1-3-15-8(13)5-12-6-11(2)4-7(10)9(12)14/h4H,3,5-6,10H2,1-2H3. The van der Waals surface area contributed by atoms with E-state index in [0.717, 1.165) is 0 Å². The van der Waals surface area contributed by atoms with Crippen molar-refractivity contribution in [1.29, 1.82) is 0 Å². The van der Waals surface area contributed by atoms with Crippen LogP contribution in [0, 0.1) is 0 Å². The lowest BCUT2D eigenvalue weighted by molar-refractivity contribution is -0.149.